The normalized spacial score (nSPS) is 12.9. The molecule has 0 amide bonds. The molecule has 3 heteroatoms. The van der Waals surface area contributed by atoms with Crippen molar-refractivity contribution in [1.82, 2.24) is 9.88 Å². The van der Waals surface area contributed by atoms with Gasteiger partial charge in [0.2, 0.25) is 0 Å². The highest BCUT2D eigenvalue weighted by Gasteiger charge is 2.06. The van der Waals surface area contributed by atoms with Crippen molar-refractivity contribution in [2.45, 2.75) is 32.7 Å². The fourth-order valence-corrected chi connectivity index (χ4v) is 2.02. The first kappa shape index (κ1) is 13.3. The molecule has 0 radical (unpaired) electrons. The zero-order valence-electron chi connectivity index (χ0n) is 10.4. The Hall–Kier alpha value is -0.800. The van der Waals surface area contributed by atoms with Crippen molar-refractivity contribution in [3.05, 3.63) is 24.0 Å². The molecule has 1 rings (SSSR count). The summed E-state index contributed by atoms with van der Waals surface area (Å²) in [7, 11) is 2.06. The average molecular weight is 224 g/mol. The Kier molecular flexibility index (Phi) is 6.19. The topological polar surface area (TPSA) is 37.2 Å². The lowest BCUT2D eigenvalue weighted by atomic mass is 10.0. The van der Waals surface area contributed by atoms with Crippen LogP contribution in [0.3, 0.4) is 0 Å². The number of aryl methyl sites for hydroxylation is 1. The first-order chi connectivity index (χ1) is 7.77. The van der Waals surface area contributed by atoms with Gasteiger partial charge in [0, 0.05) is 32.1 Å². The van der Waals surface area contributed by atoms with Crippen molar-refractivity contribution in [3.8, 4) is 0 Å². The predicted octanol–water partition coefficient (Wildman–Crippen LogP) is 1.91. The summed E-state index contributed by atoms with van der Waals surface area (Å²) in [5, 5.41) is 12.4. The van der Waals surface area contributed by atoms with Crippen LogP contribution >= 0.6 is 0 Å². The van der Waals surface area contributed by atoms with Gasteiger partial charge in [-0.1, -0.05) is 13.3 Å². The molecule has 16 heavy (non-hydrogen) atoms. The molecule has 1 heterocycles. The molecule has 0 aliphatic rings. The maximum Gasteiger partial charge on any atom is 0.0434 e. The summed E-state index contributed by atoms with van der Waals surface area (Å²) in [6, 6.07) is 4.20. The molecule has 0 spiro atoms. The van der Waals surface area contributed by atoms with E-state index in [2.05, 4.69) is 42.2 Å². The molecule has 0 saturated carbocycles. The number of hydrogen-bond donors (Lipinski definition) is 2. The SMILES string of the molecule is CCCC(CCO)CNCc1cccn1C. The number of nitrogens with zero attached hydrogens (tertiary/aromatic N) is 1. The van der Waals surface area contributed by atoms with E-state index in [-0.39, 0.29) is 0 Å². The molecular formula is C13H24N2O. The third-order valence-corrected chi connectivity index (χ3v) is 3.02. The van der Waals surface area contributed by atoms with Gasteiger partial charge >= 0.3 is 0 Å². The smallest absolute Gasteiger partial charge is 0.0434 e. The maximum absolute atomic E-state index is 8.96. The van der Waals surface area contributed by atoms with Crippen molar-refractivity contribution >= 4 is 0 Å². The Morgan fingerprint density at radius 2 is 2.25 bits per heavy atom. The lowest BCUT2D eigenvalue weighted by Crippen LogP contribution is -2.24. The molecule has 92 valence electrons. The van der Waals surface area contributed by atoms with Crippen molar-refractivity contribution in [1.29, 1.82) is 0 Å². The standard InChI is InChI=1S/C13H24N2O/c1-3-5-12(7-9-16)10-14-11-13-6-4-8-15(13)2/h4,6,8,12,14,16H,3,5,7,9-11H2,1-2H3. The molecule has 0 fully saturated rings. The van der Waals surface area contributed by atoms with Crippen LogP contribution in [0, 0.1) is 5.92 Å². The zero-order valence-corrected chi connectivity index (χ0v) is 10.4. The third-order valence-electron chi connectivity index (χ3n) is 3.02. The van der Waals surface area contributed by atoms with Crippen LogP contribution in [0.5, 0.6) is 0 Å². The number of rotatable bonds is 8. The predicted molar refractivity (Wildman–Crippen MR) is 67.2 cm³/mol. The summed E-state index contributed by atoms with van der Waals surface area (Å²) >= 11 is 0. The summed E-state index contributed by atoms with van der Waals surface area (Å²) in [6.45, 7) is 4.41. The molecule has 1 atom stereocenters. The number of hydrogen-bond acceptors (Lipinski definition) is 2. The molecular weight excluding hydrogens is 200 g/mol. The summed E-state index contributed by atoms with van der Waals surface area (Å²) in [4.78, 5) is 0. The van der Waals surface area contributed by atoms with Gasteiger partial charge in [-0.05, 0) is 37.4 Å². The molecule has 1 aromatic rings. The molecule has 0 aliphatic heterocycles. The van der Waals surface area contributed by atoms with Crippen molar-refractivity contribution in [3.63, 3.8) is 0 Å². The van der Waals surface area contributed by atoms with Crippen LogP contribution in [-0.4, -0.2) is 22.8 Å². The fraction of sp³-hybridized carbons (Fsp3) is 0.692. The summed E-state index contributed by atoms with van der Waals surface area (Å²) in [6.07, 6.45) is 5.36. The fourth-order valence-electron chi connectivity index (χ4n) is 2.02. The van der Waals surface area contributed by atoms with E-state index in [0.29, 0.717) is 12.5 Å². The Morgan fingerprint density at radius 3 is 2.81 bits per heavy atom. The minimum Gasteiger partial charge on any atom is -0.396 e. The van der Waals surface area contributed by atoms with Crippen LogP contribution in [0.1, 0.15) is 31.9 Å². The molecule has 1 aromatic heterocycles. The monoisotopic (exact) mass is 224 g/mol. The third kappa shape index (κ3) is 4.37. The van der Waals surface area contributed by atoms with Gasteiger partial charge in [0.1, 0.15) is 0 Å². The molecule has 3 nitrogen and oxygen atoms in total. The number of nitrogens with one attached hydrogen (secondary N) is 1. The van der Waals surface area contributed by atoms with E-state index < -0.39 is 0 Å². The van der Waals surface area contributed by atoms with Gasteiger partial charge in [-0.15, -0.1) is 0 Å². The molecule has 2 N–H and O–H groups in total. The van der Waals surface area contributed by atoms with E-state index >= 15 is 0 Å². The summed E-state index contributed by atoms with van der Waals surface area (Å²) in [5.41, 5.74) is 1.30. The molecule has 0 saturated heterocycles. The van der Waals surface area contributed by atoms with E-state index in [1.807, 2.05) is 0 Å². The average Bonchev–Trinajstić information content (AvgIpc) is 2.65. The summed E-state index contributed by atoms with van der Waals surface area (Å²) < 4.78 is 2.13. The first-order valence-electron chi connectivity index (χ1n) is 6.19. The van der Waals surface area contributed by atoms with E-state index in [1.54, 1.807) is 0 Å². The quantitative estimate of drug-likeness (QED) is 0.708. The van der Waals surface area contributed by atoms with Crippen molar-refractivity contribution in [2.75, 3.05) is 13.2 Å². The van der Waals surface area contributed by atoms with E-state index in [9.17, 15) is 0 Å². The highest BCUT2D eigenvalue weighted by Crippen LogP contribution is 2.09. The lowest BCUT2D eigenvalue weighted by Gasteiger charge is -2.15. The second-order valence-corrected chi connectivity index (χ2v) is 4.41. The lowest BCUT2D eigenvalue weighted by molar-refractivity contribution is 0.248. The number of aliphatic hydroxyl groups excluding tert-OH is 1. The Labute approximate surface area is 98.5 Å². The molecule has 0 aliphatic carbocycles. The Balaban J connectivity index is 2.24. The number of aromatic nitrogens is 1. The van der Waals surface area contributed by atoms with Crippen LogP contribution in [0.2, 0.25) is 0 Å². The molecule has 1 unspecified atom stereocenters. The van der Waals surface area contributed by atoms with Gasteiger partial charge < -0.3 is 15.0 Å². The minimum atomic E-state index is 0.302. The van der Waals surface area contributed by atoms with Crippen molar-refractivity contribution < 1.29 is 5.11 Å². The molecule has 0 aromatic carbocycles. The van der Waals surface area contributed by atoms with E-state index in [4.69, 9.17) is 5.11 Å². The van der Waals surface area contributed by atoms with E-state index in [1.165, 1.54) is 18.5 Å². The van der Waals surface area contributed by atoms with Crippen LogP contribution in [0.25, 0.3) is 0 Å². The highest BCUT2D eigenvalue weighted by atomic mass is 16.3. The van der Waals surface area contributed by atoms with Gasteiger partial charge in [0.05, 0.1) is 0 Å². The van der Waals surface area contributed by atoms with Crippen LogP contribution in [-0.2, 0) is 13.6 Å². The van der Waals surface area contributed by atoms with Crippen LogP contribution < -0.4 is 5.32 Å². The van der Waals surface area contributed by atoms with Crippen LogP contribution in [0.15, 0.2) is 18.3 Å². The van der Waals surface area contributed by atoms with E-state index in [0.717, 1.165) is 19.5 Å². The Bertz CT molecular complexity index is 277. The minimum absolute atomic E-state index is 0.302. The number of aliphatic hydroxyl groups is 1. The van der Waals surface area contributed by atoms with Gasteiger partial charge in [-0.2, -0.15) is 0 Å². The van der Waals surface area contributed by atoms with Gasteiger partial charge in [-0.3, -0.25) is 0 Å². The largest absolute Gasteiger partial charge is 0.396 e. The second kappa shape index (κ2) is 7.47. The summed E-state index contributed by atoms with van der Waals surface area (Å²) in [5.74, 6) is 0.607. The maximum atomic E-state index is 8.96. The van der Waals surface area contributed by atoms with Crippen LogP contribution in [0.4, 0.5) is 0 Å². The zero-order chi connectivity index (χ0) is 11.8. The first-order valence-corrected chi connectivity index (χ1v) is 6.19. The van der Waals surface area contributed by atoms with Crippen molar-refractivity contribution in [2.24, 2.45) is 13.0 Å². The second-order valence-electron chi connectivity index (χ2n) is 4.41. The van der Waals surface area contributed by atoms with Gasteiger partial charge in [0.15, 0.2) is 0 Å². The Morgan fingerprint density at radius 1 is 1.44 bits per heavy atom. The van der Waals surface area contributed by atoms with Gasteiger partial charge in [0.25, 0.3) is 0 Å². The van der Waals surface area contributed by atoms with Gasteiger partial charge in [-0.25, -0.2) is 0 Å². The molecule has 0 bridgehead atoms. The highest BCUT2D eigenvalue weighted by molar-refractivity contribution is 5.05.